The molecule has 45 heavy (non-hydrogen) atoms. The number of benzene rings is 6. The Bertz CT molecular complexity index is 2600. The quantitative estimate of drug-likeness (QED) is 0.205. The molecule has 0 spiro atoms. The number of hydrogen-bond donors (Lipinski definition) is 0. The van der Waals surface area contributed by atoms with Crippen LogP contribution in [-0.4, -0.2) is 9.13 Å². The molecule has 0 saturated carbocycles. The first-order chi connectivity index (χ1) is 22.3. The molecule has 3 nitrogen and oxygen atoms in total. The first-order valence-corrected chi connectivity index (χ1v) is 15.7. The predicted octanol–water partition coefficient (Wildman–Crippen LogP) is 11.5. The molecular weight excluding hydrogens is 548 g/mol. The zero-order valence-corrected chi connectivity index (χ0v) is 24.6. The van der Waals surface area contributed by atoms with Crippen molar-refractivity contribution in [3.8, 4) is 5.69 Å². The maximum absolute atomic E-state index is 6.70. The minimum atomic E-state index is 0.903. The second kappa shape index (κ2) is 9.35. The first kappa shape index (κ1) is 24.6. The van der Waals surface area contributed by atoms with Gasteiger partial charge in [0.25, 0.3) is 0 Å². The molecule has 6 aromatic carbocycles. The lowest BCUT2D eigenvalue weighted by atomic mass is 9.94. The van der Waals surface area contributed by atoms with E-state index in [9.17, 15) is 0 Å². The van der Waals surface area contributed by atoms with Crippen LogP contribution in [0.5, 0.6) is 0 Å². The molecule has 0 radical (unpaired) electrons. The van der Waals surface area contributed by atoms with Crippen LogP contribution in [0.4, 0.5) is 0 Å². The van der Waals surface area contributed by atoms with E-state index in [1.54, 1.807) is 0 Å². The highest BCUT2D eigenvalue weighted by Gasteiger charge is 2.21. The molecule has 3 heteroatoms. The highest BCUT2D eigenvalue weighted by atomic mass is 16.3. The summed E-state index contributed by atoms with van der Waals surface area (Å²) in [6, 6.07) is 48.0. The molecule has 0 aliphatic heterocycles. The van der Waals surface area contributed by atoms with E-state index < -0.39 is 0 Å². The zero-order chi connectivity index (χ0) is 29.5. The molecule has 0 saturated heterocycles. The van der Waals surface area contributed by atoms with E-state index in [1.807, 2.05) is 0 Å². The van der Waals surface area contributed by atoms with Crippen LogP contribution in [0.15, 0.2) is 150 Å². The fraction of sp³-hybridized carbons (Fsp3) is 0.0476. The maximum atomic E-state index is 6.70. The summed E-state index contributed by atoms with van der Waals surface area (Å²) in [4.78, 5) is 0. The van der Waals surface area contributed by atoms with Gasteiger partial charge in [0, 0.05) is 43.6 Å². The molecule has 1 aliphatic carbocycles. The van der Waals surface area contributed by atoms with E-state index in [2.05, 4.69) is 155 Å². The van der Waals surface area contributed by atoms with Crippen molar-refractivity contribution < 1.29 is 4.42 Å². The molecule has 212 valence electrons. The molecule has 9 aromatic rings. The van der Waals surface area contributed by atoms with Crippen LogP contribution in [0, 0.1) is 0 Å². The van der Waals surface area contributed by atoms with Crippen LogP contribution in [0.1, 0.15) is 18.4 Å². The van der Waals surface area contributed by atoms with E-state index in [-0.39, 0.29) is 0 Å². The first-order valence-electron chi connectivity index (χ1n) is 15.7. The average Bonchev–Trinajstić information content (AvgIpc) is 3.76. The largest absolute Gasteiger partial charge is 0.454 e. The lowest BCUT2D eigenvalue weighted by Gasteiger charge is -2.20. The van der Waals surface area contributed by atoms with Crippen LogP contribution in [0.25, 0.3) is 82.5 Å². The van der Waals surface area contributed by atoms with Gasteiger partial charge in [-0.15, -0.1) is 0 Å². The highest BCUT2D eigenvalue weighted by Crippen LogP contribution is 2.42. The van der Waals surface area contributed by atoms with Crippen molar-refractivity contribution >= 4 is 76.8 Å². The molecule has 1 aliphatic rings. The smallest absolute Gasteiger partial charge is 0.159 e. The Balaban J connectivity index is 1.18. The van der Waals surface area contributed by atoms with Crippen LogP contribution in [0.2, 0.25) is 0 Å². The number of rotatable bonds is 3. The zero-order valence-electron chi connectivity index (χ0n) is 24.6. The minimum absolute atomic E-state index is 0.903. The number of allylic oxidation sites excluding steroid dienone is 4. The molecule has 3 heterocycles. The van der Waals surface area contributed by atoms with Gasteiger partial charge in [0.2, 0.25) is 0 Å². The molecule has 0 amide bonds. The molecule has 0 unspecified atom stereocenters. The third-order valence-corrected chi connectivity index (χ3v) is 9.56. The van der Waals surface area contributed by atoms with Gasteiger partial charge in [0.05, 0.1) is 27.8 Å². The summed E-state index contributed by atoms with van der Waals surface area (Å²) in [5, 5.41) is 7.33. The number of fused-ring (bicyclic) bond motifs is 9. The van der Waals surface area contributed by atoms with Crippen molar-refractivity contribution in [3.05, 3.63) is 151 Å². The van der Waals surface area contributed by atoms with Crippen molar-refractivity contribution in [2.45, 2.75) is 12.8 Å². The topological polar surface area (TPSA) is 23.0 Å². The fourth-order valence-corrected chi connectivity index (χ4v) is 7.63. The number of para-hydroxylation sites is 5. The van der Waals surface area contributed by atoms with Crippen LogP contribution in [-0.2, 0) is 0 Å². The van der Waals surface area contributed by atoms with Crippen molar-refractivity contribution in [3.63, 3.8) is 0 Å². The number of nitrogens with zero attached hydrogens (tertiary/aromatic N) is 2. The molecule has 0 N–H and O–H groups in total. The van der Waals surface area contributed by atoms with Crippen LogP contribution < -0.4 is 0 Å². The van der Waals surface area contributed by atoms with Gasteiger partial charge in [-0.2, -0.15) is 0 Å². The SMILES string of the molecule is C1=C(c2ccc3oc4c(-n5c6ccccc6c6ccccc65)cccc4c3c2)C(n2c3ccccc3c3ccccc32)=CCC1. The van der Waals surface area contributed by atoms with Gasteiger partial charge in [-0.25, -0.2) is 0 Å². The Morgan fingerprint density at radius 3 is 1.60 bits per heavy atom. The second-order valence-corrected chi connectivity index (χ2v) is 12.0. The fourth-order valence-electron chi connectivity index (χ4n) is 7.63. The summed E-state index contributed by atoms with van der Waals surface area (Å²) < 4.78 is 11.5. The van der Waals surface area contributed by atoms with Gasteiger partial charge >= 0.3 is 0 Å². The molecule has 10 rings (SSSR count). The Hall–Kier alpha value is -5.80. The molecule has 0 fully saturated rings. The molecule has 0 atom stereocenters. The summed E-state index contributed by atoms with van der Waals surface area (Å²) in [5.41, 5.74) is 11.4. The van der Waals surface area contributed by atoms with Gasteiger partial charge in [0.15, 0.2) is 5.58 Å². The van der Waals surface area contributed by atoms with Crippen molar-refractivity contribution in [2.75, 3.05) is 0 Å². The maximum Gasteiger partial charge on any atom is 0.159 e. The Kier molecular flexibility index (Phi) is 5.11. The van der Waals surface area contributed by atoms with E-state index in [0.29, 0.717) is 0 Å². The van der Waals surface area contributed by atoms with Gasteiger partial charge in [-0.05, 0) is 60.9 Å². The summed E-state index contributed by atoms with van der Waals surface area (Å²) in [7, 11) is 0. The van der Waals surface area contributed by atoms with Crippen molar-refractivity contribution in [1.29, 1.82) is 0 Å². The Morgan fingerprint density at radius 1 is 0.444 bits per heavy atom. The van der Waals surface area contributed by atoms with E-state index >= 15 is 0 Å². The van der Waals surface area contributed by atoms with Gasteiger partial charge in [0.1, 0.15) is 5.58 Å². The third kappa shape index (κ3) is 3.46. The summed E-state index contributed by atoms with van der Waals surface area (Å²) in [5.74, 6) is 0. The Morgan fingerprint density at radius 2 is 0.978 bits per heavy atom. The summed E-state index contributed by atoms with van der Waals surface area (Å²) in [6.45, 7) is 0. The van der Waals surface area contributed by atoms with Crippen LogP contribution in [0.3, 0.4) is 0 Å². The molecule has 0 bridgehead atoms. The van der Waals surface area contributed by atoms with Crippen molar-refractivity contribution in [1.82, 2.24) is 9.13 Å². The van der Waals surface area contributed by atoms with Gasteiger partial charge in [-0.1, -0.05) is 103 Å². The third-order valence-electron chi connectivity index (χ3n) is 9.56. The summed E-state index contributed by atoms with van der Waals surface area (Å²) >= 11 is 0. The normalized spacial score (nSPS) is 13.9. The lowest BCUT2D eigenvalue weighted by molar-refractivity contribution is 0.666. The predicted molar refractivity (Wildman–Crippen MR) is 189 cm³/mol. The standard InChI is InChI=1S/C42H28N2O/c1-6-18-35(43-36-19-7-2-13-29(36)30-14-3-8-20-37(30)43)28(12-1)27-24-25-41-34(26-27)33-17-11-23-40(42(33)45-41)44-38-21-9-4-15-31(38)32-16-5-10-22-39(32)44/h2-5,7-26H,1,6H2. The molecule has 3 aromatic heterocycles. The average molecular weight is 577 g/mol. The number of furan rings is 1. The molecular formula is C42H28N2O. The van der Waals surface area contributed by atoms with E-state index in [1.165, 1.54) is 60.4 Å². The minimum Gasteiger partial charge on any atom is -0.454 e. The Labute approximate surface area is 259 Å². The van der Waals surface area contributed by atoms with Gasteiger partial charge < -0.3 is 13.6 Å². The monoisotopic (exact) mass is 576 g/mol. The second-order valence-electron chi connectivity index (χ2n) is 12.0. The van der Waals surface area contributed by atoms with Gasteiger partial charge in [-0.3, -0.25) is 0 Å². The summed E-state index contributed by atoms with van der Waals surface area (Å²) in [6.07, 6.45) is 6.87. The van der Waals surface area contributed by atoms with Crippen LogP contribution >= 0.6 is 0 Å². The number of aromatic nitrogens is 2. The van der Waals surface area contributed by atoms with E-state index in [4.69, 9.17) is 4.42 Å². The lowest BCUT2D eigenvalue weighted by Crippen LogP contribution is -2.03. The van der Waals surface area contributed by atoms with E-state index in [0.717, 1.165) is 40.5 Å². The number of hydrogen-bond acceptors (Lipinski definition) is 1. The van der Waals surface area contributed by atoms with Crippen molar-refractivity contribution in [2.24, 2.45) is 0 Å². The highest BCUT2D eigenvalue weighted by molar-refractivity contribution is 6.16.